The fourth-order valence-corrected chi connectivity index (χ4v) is 5.72. The summed E-state index contributed by atoms with van der Waals surface area (Å²) in [6.45, 7) is -0.655. The van der Waals surface area contributed by atoms with Crippen molar-refractivity contribution in [2.24, 2.45) is 0 Å². The first-order valence-electron chi connectivity index (χ1n) is 8.03. The highest BCUT2D eigenvalue weighted by Crippen LogP contribution is 2.40. The predicted molar refractivity (Wildman–Crippen MR) is 90.7 cm³/mol. The van der Waals surface area contributed by atoms with Crippen LogP contribution in [0.2, 0.25) is 0 Å². The molecule has 2 atom stereocenters. The first-order chi connectivity index (χ1) is 13.7. The van der Waals surface area contributed by atoms with Crippen LogP contribution in [0, 0.1) is 0 Å². The van der Waals surface area contributed by atoms with Crippen molar-refractivity contribution in [2.45, 2.75) is 35.0 Å². The van der Waals surface area contributed by atoms with Crippen molar-refractivity contribution in [3.05, 3.63) is 34.8 Å². The number of nitrogens with zero attached hydrogens (tertiary/aromatic N) is 3. The summed E-state index contributed by atoms with van der Waals surface area (Å²) in [7, 11) is -4.67. The number of rotatable bonds is 4. The molecule has 2 aromatic rings. The molecule has 3 rings (SSSR count). The van der Waals surface area contributed by atoms with E-state index in [4.69, 9.17) is 0 Å². The minimum Gasteiger partial charge on any atom is -0.480 e. The topological polar surface area (TPSA) is 100 Å². The fraction of sp³-hybridized carbons (Fsp3) is 0.400. The maximum atomic E-state index is 13.2. The smallest absolute Gasteiger partial charge is 0.445 e. The van der Waals surface area contributed by atoms with Gasteiger partial charge >= 0.3 is 18.3 Å². The Labute approximate surface area is 168 Å². The number of hydrogen-bond donors (Lipinski definition) is 1. The Morgan fingerprint density at radius 2 is 1.73 bits per heavy atom. The van der Waals surface area contributed by atoms with Crippen LogP contribution in [0.5, 0.6) is 0 Å². The van der Waals surface area contributed by atoms with Crippen LogP contribution in [0.25, 0.3) is 0 Å². The maximum Gasteiger partial charge on any atom is 0.445 e. The van der Waals surface area contributed by atoms with Gasteiger partial charge < -0.3 is 10.0 Å². The standard InChI is InChI=1S/C15H11F6N3O4S2/c16-14(17,18)8-3-1-2-4-10(8)30(27,28)7-5-9(11(25)26)24(6-7)13-23-22-12(29-13)15(19,20)21/h1-4,7,9H,5-6H2,(H,25,26)/t7-,9+/m1/s1. The van der Waals surface area contributed by atoms with E-state index in [1.54, 1.807) is 0 Å². The third-order valence-electron chi connectivity index (χ3n) is 4.39. The summed E-state index contributed by atoms with van der Waals surface area (Å²) in [6, 6.07) is 1.82. The molecule has 0 saturated carbocycles. The van der Waals surface area contributed by atoms with Gasteiger partial charge in [0.15, 0.2) is 9.84 Å². The minimum absolute atomic E-state index is 0.0147. The molecule has 7 nitrogen and oxygen atoms in total. The van der Waals surface area contributed by atoms with Crippen LogP contribution in [0.15, 0.2) is 29.2 Å². The summed E-state index contributed by atoms with van der Waals surface area (Å²) >= 11 is 0.0147. The van der Waals surface area contributed by atoms with Crippen LogP contribution in [0.1, 0.15) is 17.0 Å². The largest absolute Gasteiger partial charge is 0.480 e. The van der Waals surface area contributed by atoms with E-state index in [0.717, 1.165) is 23.1 Å². The second-order valence-corrected chi connectivity index (χ2v) is 9.44. The number of halogens is 6. The highest BCUT2D eigenvalue weighted by atomic mass is 32.2. The lowest BCUT2D eigenvalue weighted by molar-refractivity contribution is -0.140. The quantitative estimate of drug-likeness (QED) is 0.679. The number of carboxylic acids is 1. The summed E-state index contributed by atoms with van der Waals surface area (Å²) in [6.07, 6.45) is -10.5. The van der Waals surface area contributed by atoms with Crippen molar-refractivity contribution in [2.75, 3.05) is 11.4 Å². The Morgan fingerprint density at radius 1 is 1.10 bits per heavy atom. The van der Waals surface area contributed by atoms with E-state index in [1.807, 2.05) is 0 Å². The number of sulfone groups is 1. The molecule has 0 amide bonds. The normalized spacial score (nSPS) is 20.5. The molecule has 15 heteroatoms. The van der Waals surface area contributed by atoms with Gasteiger partial charge in [0.1, 0.15) is 6.04 Å². The fourth-order valence-electron chi connectivity index (χ4n) is 3.04. The Balaban J connectivity index is 1.99. The van der Waals surface area contributed by atoms with E-state index < -0.39 is 73.0 Å². The van der Waals surface area contributed by atoms with Crippen LogP contribution in [-0.4, -0.2) is 47.5 Å². The second-order valence-electron chi connectivity index (χ2n) is 6.29. The van der Waals surface area contributed by atoms with E-state index in [0.29, 0.717) is 6.07 Å². The Hall–Kier alpha value is -2.42. The van der Waals surface area contributed by atoms with Gasteiger partial charge in [0.05, 0.1) is 15.7 Å². The van der Waals surface area contributed by atoms with Gasteiger partial charge in [-0.2, -0.15) is 26.3 Å². The second kappa shape index (κ2) is 7.37. The molecular weight excluding hydrogens is 464 g/mol. The molecule has 1 saturated heterocycles. The number of alkyl halides is 6. The zero-order valence-electron chi connectivity index (χ0n) is 14.5. The highest BCUT2D eigenvalue weighted by Gasteiger charge is 2.48. The van der Waals surface area contributed by atoms with Gasteiger partial charge in [0.2, 0.25) is 10.1 Å². The molecule has 0 radical (unpaired) electrons. The number of hydrogen-bond acceptors (Lipinski definition) is 7. The Bertz CT molecular complexity index is 1070. The van der Waals surface area contributed by atoms with Crippen LogP contribution >= 0.6 is 11.3 Å². The molecule has 0 bridgehead atoms. The summed E-state index contributed by atoms with van der Waals surface area (Å²) in [5.74, 6) is -1.56. The molecule has 164 valence electrons. The third-order valence-corrected chi connectivity index (χ3v) is 7.58. The lowest BCUT2D eigenvalue weighted by Gasteiger charge is -2.19. The molecule has 1 aliphatic rings. The van der Waals surface area contributed by atoms with E-state index in [2.05, 4.69) is 10.2 Å². The molecule has 30 heavy (non-hydrogen) atoms. The van der Waals surface area contributed by atoms with Crippen LogP contribution in [0.4, 0.5) is 31.5 Å². The summed E-state index contributed by atoms with van der Waals surface area (Å²) in [5.41, 5.74) is -1.41. The molecular formula is C15H11F6N3O4S2. The van der Waals surface area contributed by atoms with Crippen LogP contribution in [0.3, 0.4) is 0 Å². The van der Waals surface area contributed by atoms with Gasteiger partial charge in [0, 0.05) is 6.54 Å². The molecule has 0 aliphatic carbocycles. The minimum atomic E-state index is -4.98. The average molecular weight is 475 g/mol. The summed E-state index contributed by atoms with van der Waals surface area (Å²) in [4.78, 5) is 11.3. The first kappa shape index (κ1) is 22.3. The number of carbonyl (C=O) groups is 1. The summed E-state index contributed by atoms with van der Waals surface area (Å²) in [5, 5.41) is 12.1. The number of aromatic nitrogens is 2. The molecule has 1 aromatic heterocycles. The van der Waals surface area contributed by atoms with Crippen molar-refractivity contribution in [1.29, 1.82) is 0 Å². The van der Waals surface area contributed by atoms with Crippen molar-refractivity contribution >= 4 is 32.3 Å². The number of benzene rings is 1. The average Bonchev–Trinajstić information content (AvgIpc) is 3.28. The third kappa shape index (κ3) is 4.08. The lowest BCUT2D eigenvalue weighted by atomic mass is 10.2. The number of anilines is 1. The van der Waals surface area contributed by atoms with Crippen molar-refractivity contribution in [3.8, 4) is 0 Å². The molecule has 0 spiro atoms. The zero-order chi connectivity index (χ0) is 22.5. The van der Waals surface area contributed by atoms with Gasteiger partial charge in [-0.05, 0) is 18.6 Å². The molecule has 1 fully saturated rings. The molecule has 1 aromatic carbocycles. The monoisotopic (exact) mass is 475 g/mol. The van der Waals surface area contributed by atoms with E-state index in [1.165, 1.54) is 0 Å². The Morgan fingerprint density at radius 3 is 2.27 bits per heavy atom. The van der Waals surface area contributed by atoms with Gasteiger partial charge in [-0.3, -0.25) is 0 Å². The highest BCUT2D eigenvalue weighted by molar-refractivity contribution is 7.92. The molecule has 1 N–H and O–H groups in total. The van der Waals surface area contributed by atoms with Crippen LogP contribution < -0.4 is 4.90 Å². The SMILES string of the molecule is O=C(O)[C@@H]1C[C@@H](S(=O)(=O)c2ccccc2C(F)(F)F)CN1c1nnc(C(F)(F)F)s1. The van der Waals surface area contributed by atoms with Crippen molar-refractivity contribution in [3.63, 3.8) is 0 Å². The van der Waals surface area contributed by atoms with Gasteiger partial charge in [-0.25, -0.2) is 13.2 Å². The molecule has 2 heterocycles. The van der Waals surface area contributed by atoms with Gasteiger partial charge in [-0.1, -0.05) is 23.5 Å². The van der Waals surface area contributed by atoms with E-state index >= 15 is 0 Å². The van der Waals surface area contributed by atoms with E-state index in [-0.39, 0.29) is 11.3 Å². The first-order valence-corrected chi connectivity index (χ1v) is 10.4. The zero-order valence-corrected chi connectivity index (χ0v) is 16.1. The predicted octanol–water partition coefficient (Wildman–Crippen LogP) is 3.08. The Kier molecular flexibility index (Phi) is 5.47. The van der Waals surface area contributed by atoms with Crippen molar-refractivity contribution < 1.29 is 44.7 Å². The van der Waals surface area contributed by atoms with E-state index in [9.17, 15) is 44.7 Å². The molecule has 0 unspecified atom stereocenters. The number of carboxylic acid groups (broad SMARTS) is 1. The maximum absolute atomic E-state index is 13.2. The molecule has 1 aliphatic heterocycles. The van der Waals surface area contributed by atoms with Crippen molar-refractivity contribution in [1.82, 2.24) is 10.2 Å². The lowest BCUT2D eigenvalue weighted by Crippen LogP contribution is -2.36. The van der Waals surface area contributed by atoms with Gasteiger partial charge in [-0.15, -0.1) is 10.2 Å². The summed E-state index contributed by atoms with van der Waals surface area (Å²) < 4.78 is 104. The van der Waals surface area contributed by atoms with Gasteiger partial charge in [0.25, 0.3) is 0 Å². The number of aliphatic carboxylic acids is 1. The van der Waals surface area contributed by atoms with Crippen LogP contribution in [-0.2, 0) is 27.0 Å².